The number of carboxylic acid groups (broad SMARTS) is 1. The second kappa shape index (κ2) is 6.15. The summed E-state index contributed by atoms with van der Waals surface area (Å²) in [6.07, 6.45) is 1.39. The summed E-state index contributed by atoms with van der Waals surface area (Å²) in [7, 11) is 0. The molecular weight excluding hydrogens is 240 g/mol. The first-order valence-electron chi connectivity index (χ1n) is 5.54. The largest absolute Gasteiger partial charge is 0.478 e. The maximum absolute atomic E-state index is 11.8. The van der Waals surface area contributed by atoms with Crippen LogP contribution >= 0.6 is 0 Å². The highest BCUT2D eigenvalue weighted by Crippen LogP contribution is 2.11. The van der Waals surface area contributed by atoms with E-state index < -0.39 is 17.9 Å². The van der Waals surface area contributed by atoms with Crippen LogP contribution in [0.5, 0.6) is 0 Å². The Morgan fingerprint density at radius 2 is 2.00 bits per heavy atom. The van der Waals surface area contributed by atoms with Crippen LogP contribution in [0, 0.1) is 0 Å². The van der Waals surface area contributed by atoms with Crippen molar-refractivity contribution in [2.45, 2.75) is 26.0 Å². The predicted octanol–water partition coefficient (Wildman–Crippen LogP) is -0.0274. The first-order valence-corrected chi connectivity index (χ1v) is 5.54. The van der Waals surface area contributed by atoms with E-state index in [1.54, 1.807) is 0 Å². The van der Waals surface area contributed by atoms with Crippen LogP contribution in [0.25, 0.3) is 0 Å². The van der Waals surface area contributed by atoms with Crippen LogP contribution in [0.4, 0.5) is 4.79 Å². The molecule has 1 saturated heterocycles. The topological polar surface area (TPSA) is 95.9 Å². The normalized spacial score (nSPS) is 24.0. The van der Waals surface area contributed by atoms with Gasteiger partial charge in [0.2, 0.25) is 0 Å². The number of imide groups is 1. The summed E-state index contributed by atoms with van der Waals surface area (Å²) < 4.78 is 5.36. The van der Waals surface area contributed by atoms with Gasteiger partial charge < -0.3 is 14.7 Å². The zero-order valence-corrected chi connectivity index (χ0v) is 10.3. The predicted molar refractivity (Wildman–Crippen MR) is 61.9 cm³/mol. The van der Waals surface area contributed by atoms with Gasteiger partial charge in [-0.3, -0.25) is 10.1 Å². The summed E-state index contributed by atoms with van der Waals surface area (Å²) in [4.78, 5) is 34.7. The SMILES string of the molecule is CC1CN(C(=O)NC(=O)/C=C/C(=O)O)C(C)CO1. The molecule has 7 nitrogen and oxygen atoms in total. The molecule has 1 heterocycles. The lowest BCUT2D eigenvalue weighted by Gasteiger charge is -2.36. The Hall–Kier alpha value is -1.89. The molecule has 7 heteroatoms. The summed E-state index contributed by atoms with van der Waals surface area (Å²) in [5.74, 6) is -2.00. The zero-order valence-electron chi connectivity index (χ0n) is 10.3. The van der Waals surface area contributed by atoms with Crippen LogP contribution in [0.1, 0.15) is 13.8 Å². The molecule has 1 rings (SSSR count). The average molecular weight is 256 g/mol. The number of carboxylic acids is 1. The fourth-order valence-corrected chi connectivity index (χ4v) is 1.55. The number of aliphatic carboxylic acids is 1. The minimum Gasteiger partial charge on any atom is -0.478 e. The molecule has 100 valence electrons. The van der Waals surface area contributed by atoms with Crippen LogP contribution < -0.4 is 5.32 Å². The quantitative estimate of drug-likeness (QED) is 0.676. The van der Waals surface area contributed by atoms with E-state index in [0.29, 0.717) is 19.2 Å². The van der Waals surface area contributed by atoms with Crippen molar-refractivity contribution < 1.29 is 24.2 Å². The Bertz CT molecular complexity index is 380. The van der Waals surface area contributed by atoms with E-state index in [0.717, 1.165) is 6.08 Å². The number of rotatable bonds is 2. The maximum atomic E-state index is 11.8. The molecule has 0 saturated carbocycles. The number of ether oxygens (including phenoxy) is 1. The summed E-state index contributed by atoms with van der Waals surface area (Å²) in [5, 5.41) is 10.4. The number of carbonyl (C=O) groups is 3. The van der Waals surface area contributed by atoms with Crippen LogP contribution in [-0.2, 0) is 14.3 Å². The molecule has 3 amide bonds. The van der Waals surface area contributed by atoms with Crippen molar-refractivity contribution in [3.05, 3.63) is 12.2 Å². The van der Waals surface area contributed by atoms with Gasteiger partial charge in [-0.1, -0.05) is 0 Å². The molecule has 0 bridgehead atoms. The number of nitrogens with one attached hydrogen (secondary N) is 1. The minimum absolute atomic E-state index is 0.0865. The van der Waals surface area contributed by atoms with Gasteiger partial charge in [0.15, 0.2) is 0 Å². The summed E-state index contributed by atoms with van der Waals surface area (Å²) in [6.45, 7) is 4.44. The molecular formula is C11H16N2O5. The van der Waals surface area contributed by atoms with Crippen LogP contribution in [0.15, 0.2) is 12.2 Å². The van der Waals surface area contributed by atoms with E-state index >= 15 is 0 Å². The van der Waals surface area contributed by atoms with Gasteiger partial charge in [-0.05, 0) is 13.8 Å². The molecule has 1 aliphatic heterocycles. The molecule has 0 radical (unpaired) electrons. The zero-order chi connectivity index (χ0) is 13.7. The van der Waals surface area contributed by atoms with E-state index in [1.165, 1.54) is 4.90 Å². The summed E-state index contributed by atoms with van der Waals surface area (Å²) in [6, 6.07) is -0.671. The van der Waals surface area contributed by atoms with Gasteiger partial charge in [0.1, 0.15) is 0 Å². The fourth-order valence-electron chi connectivity index (χ4n) is 1.55. The third-order valence-corrected chi connectivity index (χ3v) is 2.48. The first-order chi connectivity index (χ1) is 8.40. The highest BCUT2D eigenvalue weighted by molar-refractivity contribution is 6.02. The standard InChI is InChI=1S/C11H16N2O5/c1-7-6-18-8(2)5-13(7)11(17)12-9(14)3-4-10(15)16/h3-4,7-8H,5-6H2,1-2H3,(H,15,16)(H,12,14,17)/b4-3+. The van der Waals surface area contributed by atoms with Crippen molar-refractivity contribution in [1.82, 2.24) is 10.2 Å². The number of amides is 3. The second-order valence-corrected chi connectivity index (χ2v) is 4.11. The molecule has 2 atom stereocenters. The van der Waals surface area contributed by atoms with E-state index in [1.807, 2.05) is 13.8 Å². The first kappa shape index (κ1) is 14.2. The monoisotopic (exact) mass is 256 g/mol. The highest BCUT2D eigenvalue weighted by Gasteiger charge is 2.27. The van der Waals surface area contributed by atoms with E-state index in [9.17, 15) is 14.4 Å². The van der Waals surface area contributed by atoms with Crippen molar-refractivity contribution in [3.8, 4) is 0 Å². The molecule has 1 aliphatic rings. The Morgan fingerprint density at radius 1 is 1.33 bits per heavy atom. The highest BCUT2D eigenvalue weighted by atomic mass is 16.5. The van der Waals surface area contributed by atoms with Crippen LogP contribution in [0.3, 0.4) is 0 Å². The lowest BCUT2D eigenvalue weighted by molar-refractivity contribution is -0.131. The Balaban J connectivity index is 2.53. The summed E-state index contributed by atoms with van der Waals surface area (Å²) >= 11 is 0. The molecule has 1 fully saturated rings. The van der Waals surface area contributed by atoms with Crippen LogP contribution in [-0.4, -0.2) is 53.2 Å². The van der Waals surface area contributed by atoms with Crippen molar-refractivity contribution in [3.63, 3.8) is 0 Å². The van der Waals surface area contributed by atoms with Gasteiger partial charge in [0.05, 0.1) is 18.8 Å². The van der Waals surface area contributed by atoms with Gasteiger partial charge in [-0.2, -0.15) is 0 Å². The lowest BCUT2D eigenvalue weighted by Crippen LogP contribution is -2.54. The number of morpholine rings is 1. The van der Waals surface area contributed by atoms with E-state index in [-0.39, 0.29) is 12.1 Å². The molecule has 0 aliphatic carbocycles. The van der Waals surface area contributed by atoms with Gasteiger partial charge in [-0.15, -0.1) is 0 Å². The molecule has 2 N–H and O–H groups in total. The van der Waals surface area contributed by atoms with E-state index in [4.69, 9.17) is 9.84 Å². The third-order valence-electron chi connectivity index (χ3n) is 2.48. The van der Waals surface area contributed by atoms with E-state index in [2.05, 4.69) is 5.32 Å². The molecule has 0 spiro atoms. The van der Waals surface area contributed by atoms with Gasteiger partial charge in [0.25, 0.3) is 5.91 Å². The molecule has 2 unspecified atom stereocenters. The molecule has 0 aromatic carbocycles. The molecule has 0 aromatic heterocycles. The van der Waals surface area contributed by atoms with Gasteiger partial charge in [0, 0.05) is 18.7 Å². The lowest BCUT2D eigenvalue weighted by atomic mass is 10.2. The number of hydrogen-bond acceptors (Lipinski definition) is 4. The Kier molecular flexibility index (Phi) is 4.85. The van der Waals surface area contributed by atoms with Crippen molar-refractivity contribution in [2.75, 3.05) is 13.2 Å². The second-order valence-electron chi connectivity index (χ2n) is 4.11. The minimum atomic E-state index is -1.24. The van der Waals surface area contributed by atoms with Gasteiger partial charge >= 0.3 is 12.0 Å². The van der Waals surface area contributed by atoms with Crippen molar-refractivity contribution >= 4 is 17.9 Å². The fraction of sp³-hybridized carbons (Fsp3) is 0.545. The number of carbonyl (C=O) groups excluding carboxylic acids is 2. The van der Waals surface area contributed by atoms with Crippen molar-refractivity contribution in [2.24, 2.45) is 0 Å². The number of urea groups is 1. The third kappa shape index (κ3) is 4.17. The van der Waals surface area contributed by atoms with Crippen molar-refractivity contribution in [1.29, 1.82) is 0 Å². The average Bonchev–Trinajstić information content (AvgIpc) is 2.29. The van der Waals surface area contributed by atoms with Gasteiger partial charge in [-0.25, -0.2) is 9.59 Å². The smallest absolute Gasteiger partial charge is 0.328 e. The van der Waals surface area contributed by atoms with Crippen LogP contribution in [0.2, 0.25) is 0 Å². The maximum Gasteiger partial charge on any atom is 0.328 e. The number of hydrogen-bond donors (Lipinski definition) is 2. The molecule has 18 heavy (non-hydrogen) atoms. The Morgan fingerprint density at radius 3 is 2.61 bits per heavy atom. The molecule has 0 aromatic rings. The Labute approximate surface area is 104 Å². The number of nitrogens with zero attached hydrogens (tertiary/aromatic N) is 1. The summed E-state index contributed by atoms with van der Waals surface area (Å²) in [5.41, 5.74) is 0.